The van der Waals surface area contributed by atoms with Crippen molar-refractivity contribution in [1.82, 2.24) is 9.80 Å². The summed E-state index contributed by atoms with van der Waals surface area (Å²) in [4.78, 5) is 29.6. The van der Waals surface area contributed by atoms with Gasteiger partial charge in [0, 0.05) is 25.6 Å². The fourth-order valence-corrected chi connectivity index (χ4v) is 4.43. The van der Waals surface area contributed by atoms with E-state index in [-0.39, 0.29) is 23.1 Å². The quantitative estimate of drug-likeness (QED) is 0.769. The maximum absolute atomic E-state index is 12.9. The van der Waals surface area contributed by atoms with E-state index in [1.54, 1.807) is 0 Å². The fourth-order valence-electron chi connectivity index (χ4n) is 4.43. The van der Waals surface area contributed by atoms with Crippen molar-refractivity contribution in [2.24, 2.45) is 17.3 Å². The normalized spacial score (nSPS) is 40.7. The predicted octanol–water partition coefficient (Wildman–Crippen LogP) is 1.65. The number of likely N-dealkylation sites (tertiary alicyclic amines) is 2. The van der Waals surface area contributed by atoms with Gasteiger partial charge in [-0.25, -0.2) is 0 Å². The minimum Gasteiger partial charge on any atom is -0.341 e. The number of fused-ring (bicyclic) bond motifs is 1. The Hall–Kier alpha value is -1.06. The second-order valence-electron chi connectivity index (χ2n) is 7.85. The van der Waals surface area contributed by atoms with Crippen molar-refractivity contribution in [3.05, 3.63) is 0 Å². The number of amides is 2. The zero-order valence-electron chi connectivity index (χ0n) is 12.5. The van der Waals surface area contributed by atoms with E-state index in [1.165, 1.54) is 0 Å². The van der Waals surface area contributed by atoms with Gasteiger partial charge in [-0.2, -0.15) is 0 Å². The van der Waals surface area contributed by atoms with Gasteiger partial charge in [-0.05, 0) is 43.4 Å². The van der Waals surface area contributed by atoms with Crippen molar-refractivity contribution in [2.75, 3.05) is 19.6 Å². The molecule has 2 aliphatic carbocycles. The molecule has 2 aliphatic heterocycles. The highest BCUT2D eigenvalue weighted by atomic mass is 16.2. The van der Waals surface area contributed by atoms with E-state index in [0.717, 1.165) is 51.7 Å². The van der Waals surface area contributed by atoms with E-state index < -0.39 is 5.54 Å². The van der Waals surface area contributed by atoms with Crippen molar-refractivity contribution in [3.63, 3.8) is 0 Å². The van der Waals surface area contributed by atoms with Crippen molar-refractivity contribution < 1.29 is 9.59 Å². The molecule has 0 spiro atoms. The zero-order valence-corrected chi connectivity index (χ0v) is 12.5. The second-order valence-corrected chi connectivity index (χ2v) is 7.85. The number of carbonyl (C=O) groups excluding carboxylic acids is 2. The van der Waals surface area contributed by atoms with Gasteiger partial charge in [0.2, 0.25) is 11.8 Å². The number of hydrogen-bond acceptors (Lipinski definition) is 2. The minimum absolute atomic E-state index is 0.155. The van der Waals surface area contributed by atoms with E-state index in [9.17, 15) is 9.59 Å². The average Bonchev–Trinajstić information content (AvgIpc) is 3.11. The Labute approximate surface area is 120 Å². The molecule has 2 heterocycles. The summed E-state index contributed by atoms with van der Waals surface area (Å²) < 4.78 is 0. The monoisotopic (exact) mass is 276 g/mol. The molecule has 0 N–H and O–H groups in total. The Balaban J connectivity index is 1.55. The van der Waals surface area contributed by atoms with Gasteiger partial charge in [-0.3, -0.25) is 9.59 Å². The van der Waals surface area contributed by atoms with Crippen LogP contribution in [0.4, 0.5) is 0 Å². The van der Waals surface area contributed by atoms with E-state index in [4.69, 9.17) is 0 Å². The number of carbonyl (C=O) groups is 2. The van der Waals surface area contributed by atoms with Crippen LogP contribution >= 0.6 is 0 Å². The van der Waals surface area contributed by atoms with Gasteiger partial charge < -0.3 is 9.80 Å². The van der Waals surface area contributed by atoms with Crippen LogP contribution in [0.2, 0.25) is 0 Å². The van der Waals surface area contributed by atoms with Gasteiger partial charge >= 0.3 is 0 Å². The van der Waals surface area contributed by atoms with Crippen LogP contribution in [0.15, 0.2) is 0 Å². The fraction of sp³-hybridized carbons (Fsp3) is 0.875. The molecule has 3 unspecified atom stereocenters. The summed E-state index contributed by atoms with van der Waals surface area (Å²) in [5, 5.41) is 0. The van der Waals surface area contributed by atoms with Crippen molar-refractivity contribution in [3.8, 4) is 0 Å². The molecule has 0 aromatic heterocycles. The first-order valence-electron chi connectivity index (χ1n) is 8.08. The minimum atomic E-state index is -0.417. The molecule has 4 heteroatoms. The Morgan fingerprint density at radius 1 is 1.05 bits per heavy atom. The first-order chi connectivity index (χ1) is 9.47. The van der Waals surface area contributed by atoms with Gasteiger partial charge in [0.15, 0.2) is 0 Å². The van der Waals surface area contributed by atoms with Crippen LogP contribution in [0.25, 0.3) is 0 Å². The van der Waals surface area contributed by atoms with Crippen LogP contribution in [0.1, 0.15) is 46.0 Å². The summed E-state index contributed by atoms with van der Waals surface area (Å²) in [6.45, 7) is 6.90. The van der Waals surface area contributed by atoms with Gasteiger partial charge in [-0.15, -0.1) is 0 Å². The topological polar surface area (TPSA) is 40.6 Å². The molecule has 2 saturated heterocycles. The van der Waals surface area contributed by atoms with Crippen molar-refractivity contribution in [1.29, 1.82) is 0 Å². The summed E-state index contributed by atoms with van der Waals surface area (Å²) in [5.41, 5.74) is -0.262. The van der Waals surface area contributed by atoms with Crippen LogP contribution in [0, 0.1) is 17.3 Å². The molecule has 2 saturated carbocycles. The first-order valence-corrected chi connectivity index (χ1v) is 8.08. The zero-order chi connectivity index (χ0) is 14.1. The predicted molar refractivity (Wildman–Crippen MR) is 74.9 cm³/mol. The molecule has 4 aliphatic rings. The SMILES string of the molecule is CC1(C)CC1C(=O)N1CCC2CC21C(=O)N1CCCC1. The van der Waals surface area contributed by atoms with E-state index in [1.807, 2.05) is 9.80 Å². The molecule has 3 atom stereocenters. The van der Waals surface area contributed by atoms with Crippen LogP contribution in [0.3, 0.4) is 0 Å². The van der Waals surface area contributed by atoms with Gasteiger partial charge in [0.05, 0.1) is 0 Å². The summed E-state index contributed by atoms with van der Waals surface area (Å²) in [6.07, 6.45) is 5.17. The number of hydrogen-bond donors (Lipinski definition) is 0. The van der Waals surface area contributed by atoms with Crippen LogP contribution < -0.4 is 0 Å². The first kappa shape index (κ1) is 12.7. The summed E-state index contributed by atoms with van der Waals surface area (Å²) in [7, 11) is 0. The number of piperidine rings is 1. The highest BCUT2D eigenvalue weighted by molar-refractivity contribution is 5.97. The summed E-state index contributed by atoms with van der Waals surface area (Å²) in [6, 6.07) is 0. The van der Waals surface area contributed by atoms with Gasteiger partial charge in [0.25, 0.3) is 0 Å². The van der Waals surface area contributed by atoms with Crippen LogP contribution in [-0.4, -0.2) is 46.8 Å². The summed E-state index contributed by atoms with van der Waals surface area (Å²) in [5.74, 6) is 1.11. The molecule has 4 nitrogen and oxygen atoms in total. The third-order valence-corrected chi connectivity index (χ3v) is 6.10. The third kappa shape index (κ3) is 1.54. The van der Waals surface area contributed by atoms with Gasteiger partial charge in [0.1, 0.15) is 5.54 Å². The lowest BCUT2D eigenvalue weighted by atomic mass is 10.1. The second kappa shape index (κ2) is 3.77. The Bertz CT molecular complexity index is 481. The van der Waals surface area contributed by atoms with E-state index in [0.29, 0.717) is 5.92 Å². The van der Waals surface area contributed by atoms with Crippen molar-refractivity contribution >= 4 is 11.8 Å². The van der Waals surface area contributed by atoms with E-state index in [2.05, 4.69) is 13.8 Å². The lowest BCUT2D eigenvalue weighted by Gasteiger charge is -2.31. The molecule has 0 radical (unpaired) electrons. The molecule has 0 aromatic rings. The average molecular weight is 276 g/mol. The molecular weight excluding hydrogens is 252 g/mol. The Kier molecular flexibility index (Phi) is 2.39. The molecule has 0 bridgehead atoms. The molecule has 0 aromatic carbocycles. The molecule has 4 rings (SSSR count). The highest BCUT2D eigenvalue weighted by Gasteiger charge is 2.71. The number of rotatable bonds is 2. The van der Waals surface area contributed by atoms with E-state index >= 15 is 0 Å². The Morgan fingerprint density at radius 3 is 2.25 bits per heavy atom. The Morgan fingerprint density at radius 2 is 1.70 bits per heavy atom. The third-order valence-electron chi connectivity index (χ3n) is 6.10. The van der Waals surface area contributed by atoms with Crippen LogP contribution in [0.5, 0.6) is 0 Å². The molecule has 4 fully saturated rings. The molecule has 20 heavy (non-hydrogen) atoms. The summed E-state index contributed by atoms with van der Waals surface area (Å²) >= 11 is 0. The maximum Gasteiger partial charge on any atom is 0.248 e. The standard InChI is InChI=1S/C16H24N2O2/c1-15(2)10-12(15)13(19)18-8-5-11-9-16(11,18)14(20)17-6-3-4-7-17/h11-12H,3-10H2,1-2H3. The molecular formula is C16H24N2O2. The van der Waals surface area contributed by atoms with Crippen LogP contribution in [-0.2, 0) is 9.59 Å². The smallest absolute Gasteiger partial charge is 0.248 e. The maximum atomic E-state index is 12.9. The molecule has 2 amide bonds. The van der Waals surface area contributed by atoms with Gasteiger partial charge in [-0.1, -0.05) is 13.8 Å². The number of nitrogens with zero attached hydrogens (tertiary/aromatic N) is 2. The lowest BCUT2D eigenvalue weighted by molar-refractivity contribution is -0.147. The molecule has 110 valence electrons. The van der Waals surface area contributed by atoms with Crippen molar-refractivity contribution in [2.45, 2.75) is 51.5 Å². The highest BCUT2D eigenvalue weighted by Crippen LogP contribution is 2.60. The lowest BCUT2D eigenvalue weighted by Crippen LogP contribution is -2.51. The largest absolute Gasteiger partial charge is 0.341 e.